The number of piperidine rings is 1. The molecule has 0 radical (unpaired) electrons. The number of ether oxygens (including phenoxy) is 2. The van der Waals surface area contributed by atoms with Gasteiger partial charge in [0.25, 0.3) is 5.88 Å². The first-order chi connectivity index (χ1) is 16.5. The number of rotatable bonds is 6. The molecule has 34 heavy (non-hydrogen) atoms. The van der Waals surface area contributed by atoms with Crippen molar-refractivity contribution in [1.29, 1.82) is 0 Å². The third kappa shape index (κ3) is 4.40. The standard InChI is InChI=1S/C24H28N6O4/c1-14(2)21-27-24(34-29-21)17-7-9-30(10-8-17)22-15(3)23(26-12-25-22)33-28-16(4)18-5-6-19-20(11-18)32-13-31-19/h5-6,11-12,14,17H,7-10,13H2,1-4H3/b28-16+. The van der Waals surface area contributed by atoms with Crippen molar-refractivity contribution in [2.45, 2.75) is 52.4 Å². The van der Waals surface area contributed by atoms with Crippen LogP contribution in [0.1, 0.15) is 68.3 Å². The van der Waals surface area contributed by atoms with E-state index in [1.54, 1.807) is 0 Å². The zero-order valence-corrected chi connectivity index (χ0v) is 19.8. The summed E-state index contributed by atoms with van der Waals surface area (Å²) in [6.45, 7) is 9.86. The van der Waals surface area contributed by atoms with Crippen molar-refractivity contribution in [2.75, 3.05) is 24.8 Å². The van der Waals surface area contributed by atoms with Crippen molar-refractivity contribution in [3.05, 3.63) is 47.4 Å². The largest absolute Gasteiger partial charge is 0.454 e. The van der Waals surface area contributed by atoms with Crippen LogP contribution in [0, 0.1) is 6.92 Å². The highest BCUT2D eigenvalue weighted by molar-refractivity contribution is 5.99. The first-order valence-electron chi connectivity index (χ1n) is 11.5. The molecule has 5 rings (SSSR count). The highest BCUT2D eigenvalue weighted by Crippen LogP contribution is 2.34. The molecule has 1 fully saturated rings. The summed E-state index contributed by atoms with van der Waals surface area (Å²) < 4.78 is 16.3. The van der Waals surface area contributed by atoms with Gasteiger partial charge in [0.2, 0.25) is 12.7 Å². The number of fused-ring (bicyclic) bond motifs is 1. The van der Waals surface area contributed by atoms with Gasteiger partial charge in [-0.1, -0.05) is 24.2 Å². The van der Waals surface area contributed by atoms with Gasteiger partial charge in [0, 0.05) is 30.5 Å². The zero-order valence-electron chi connectivity index (χ0n) is 19.8. The first-order valence-corrected chi connectivity index (χ1v) is 11.5. The topological polar surface area (TPSA) is 108 Å². The summed E-state index contributed by atoms with van der Waals surface area (Å²) in [5.74, 6) is 4.76. The molecular formula is C24H28N6O4. The minimum absolute atomic E-state index is 0.236. The van der Waals surface area contributed by atoms with E-state index in [-0.39, 0.29) is 18.6 Å². The van der Waals surface area contributed by atoms with Crippen molar-refractivity contribution >= 4 is 11.5 Å². The minimum atomic E-state index is 0.236. The van der Waals surface area contributed by atoms with E-state index in [0.717, 1.165) is 60.3 Å². The van der Waals surface area contributed by atoms with Gasteiger partial charge in [-0.25, -0.2) is 4.98 Å². The van der Waals surface area contributed by atoms with Crippen LogP contribution in [0.15, 0.2) is 34.2 Å². The van der Waals surface area contributed by atoms with Crippen LogP contribution in [-0.4, -0.2) is 45.7 Å². The van der Waals surface area contributed by atoms with Gasteiger partial charge in [0.1, 0.15) is 12.1 Å². The van der Waals surface area contributed by atoms with E-state index in [0.29, 0.717) is 17.3 Å². The van der Waals surface area contributed by atoms with E-state index in [4.69, 9.17) is 18.8 Å². The Morgan fingerprint density at radius 1 is 1.15 bits per heavy atom. The number of hydrogen-bond donors (Lipinski definition) is 0. The highest BCUT2D eigenvalue weighted by Gasteiger charge is 2.27. The third-order valence-corrected chi connectivity index (χ3v) is 6.19. The molecular weight excluding hydrogens is 436 g/mol. The molecule has 2 aliphatic rings. The SMILES string of the molecule is C/C(=N\Oc1ncnc(N2CCC(c3nc(C(C)C)no3)CC2)c1C)c1ccc2c(c1)OCO2. The molecule has 178 valence electrons. The maximum Gasteiger partial charge on any atom is 0.256 e. The number of benzene rings is 1. The highest BCUT2D eigenvalue weighted by atomic mass is 16.7. The predicted octanol–water partition coefficient (Wildman–Crippen LogP) is 4.21. The van der Waals surface area contributed by atoms with E-state index >= 15 is 0 Å². The van der Waals surface area contributed by atoms with Crippen molar-refractivity contribution in [2.24, 2.45) is 5.16 Å². The number of oxime groups is 1. The van der Waals surface area contributed by atoms with Gasteiger partial charge in [-0.2, -0.15) is 9.97 Å². The average molecular weight is 465 g/mol. The second kappa shape index (κ2) is 9.28. The Morgan fingerprint density at radius 3 is 2.71 bits per heavy atom. The van der Waals surface area contributed by atoms with Crippen LogP contribution in [0.5, 0.6) is 17.4 Å². The lowest BCUT2D eigenvalue weighted by molar-refractivity contribution is 0.174. The molecule has 2 aromatic heterocycles. The van der Waals surface area contributed by atoms with Crippen LogP contribution < -0.4 is 19.2 Å². The number of anilines is 1. The molecule has 0 amide bonds. The molecule has 2 aliphatic heterocycles. The molecule has 10 heteroatoms. The van der Waals surface area contributed by atoms with Gasteiger partial charge in [-0.05, 0) is 44.9 Å². The number of hydrogen-bond acceptors (Lipinski definition) is 10. The van der Waals surface area contributed by atoms with Crippen LogP contribution in [-0.2, 0) is 0 Å². The summed E-state index contributed by atoms with van der Waals surface area (Å²) in [4.78, 5) is 21.4. The van der Waals surface area contributed by atoms with Gasteiger partial charge < -0.3 is 23.7 Å². The quantitative estimate of drug-likeness (QED) is 0.391. The van der Waals surface area contributed by atoms with E-state index in [2.05, 4.69) is 44.0 Å². The van der Waals surface area contributed by atoms with Crippen molar-refractivity contribution < 1.29 is 18.8 Å². The lowest BCUT2D eigenvalue weighted by Crippen LogP contribution is -2.34. The minimum Gasteiger partial charge on any atom is -0.454 e. The Kier molecular flexibility index (Phi) is 6.04. The number of nitrogens with zero attached hydrogens (tertiary/aromatic N) is 6. The van der Waals surface area contributed by atoms with Gasteiger partial charge in [-0.15, -0.1) is 0 Å². The summed E-state index contributed by atoms with van der Waals surface area (Å²) >= 11 is 0. The van der Waals surface area contributed by atoms with E-state index in [1.165, 1.54) is 6.33 Å². The maximum absolute atomic E-state index is 5.72. The fourth-order valence-corrected chi connectivity index (χ4v) is 4.11. The number of aromatic nitrogens is 4. The molecule has 10 nitrogen and oxygen atoms in total. The van der Waals surface area contributed by atoms with Gasteiger partial charge >= 0.3 is 0 Å². The van der Waals surface area contributed by atoms with Crippen LogP contribution >= 0.6 is 0 Å². The van der Waals surface area contributed by atoms with Crippen LogP contribution in [0.2, 0.25) is 0 Å². The van der Waals surface area contributed by atoms with Crippen molar-refractivity contribution in [3.8, 4) is 17.4 Å². The predicted molar refractivity (Wildman–Crippen MR) is 125 cm³/mol. The zero-order chi connectivity index (χ0) is 23.7. The molecule has 0 saturated carbocycles. The molecule has 0 spiro atoms. The summed E-state index contributed by atoms with van der Waals surface area (Å²) in [6.07, 6.45) is 3.35. The molecule has 0 N–H and O–H groups in total. The molecule has 1 aromatic carbocycles. The molecule has 0 aliphatic carbocycles. The van der Waals surface area contributed by atoms with E-state index in [9.17, 15) is 0 Å². The third-order valence-electron chi connectivity index (χ3n) is 6.19. The molecule has 4 heterocycles. The summed E-state index contributed by atoms with van der Waals surface area (Å²) in [5.41, 5.74) is 2.45. The summed E-state index contributed by atoms with van der Waals surface area (Å²) in [7, 11) is 0. The molecule has 0 bridgehead atoms. The molecule has 0 unspecified atom stereocenters. The lowest BCUT2D eigenvalue weighted by atomic mass is 9.96. The van der Waals surface area contributed by atoms with E-state index in [1.807, 2.05) is 32.0 Å². The fourth-order valence-electron chi connectivity index (χ4n) is 4.11. The van der Waals surface area contributed by atoms with Gasteiger partial charge in [0.05, 0.1) is 11.3 Å². The lowest BCUT2D eigenvalue weighted by Gasteiger charge is -2.32. The van der Waals surface area contributed by atoms with Crippen LogP contribution in [0.25, 0.3) is 0 Å². The Labute approximate surface area is 197 Å². The van der Waals surface area contributed by atoms with Crippen LogP contribution in [0.4, 0.5) is 5.82 Å². The second-order valence-electron chi connectivity index (χ2n) is 8.87. The summed E-state index contributed by atoms with van der Waals surface area (Å²) in [5, 5.41) is 8.39. The smallest absolute Gasteiger partial charge is 0.256 e. The van der Waals surface area contributed by atoms with E-state index < -0.39 is 0 Å². The molecule has 3 aromatic rings. The molecule has 1 saturated heterocycles. The maximum atomic E-state index is 5.72. The first kappa shape index (κ1) is 22.1. The normalized spacial score (nSPS) is 16.4. The Hall–Kier alpha value is -3.69. The Morgan fingerprint density at radius 2 is 1.94 bits per heavy atom. The average Bonchev–Trinajstić information content (AvgIpc) is 3.53. The van der Waals surface area contributed by atoms with Crippen LogP contribution in [0.3, 0.4) is 0 Å². The summed E-state index contributed by atoms with van der Waals surface area (Å²) in [6, 6.07) is 5.68. The fraction of sp³-hybridized carbons (Fsp3) is 0.458. The van der Waals surface area contributed by atoms with Crippen molar-refractivity contribution in [3.63, 3.8) is 0 Å². The van der Waals surface area contributed by atoms with Gasteiger partial charge in [0.15, 0.2) is 17.3 Å². The Balaban J connectivity index is 1.25. The second-order valence-corrected chi connectivity index (χ2v) is 8.87. The van der Waals surface area contributed by atoms with Gasteiger partial charge in [-0.3, -0.25) is 0 Å². The monoisotopic (exact) mass is 464 g/mol. The molecule has 0 atom stereocenters. The Bertz CT molecular complexity index is 1200. The van der Waals surface area contributed by atoms with Crippen molar-refractivity contribution in [1.82, 2.24) is 20.1 Å².